The van der Waals surface area contributed by atoms with Crippen molar-refractivity contribution in [2.45, 2.75) is 6.61 Å². The summed E-state index contributed by atoms with van der Waals surface area (Å²) in [5.41, 5.74) is 2.29. The van der Waals surface area contributed by atoms with Crippen LogP contribution < -0.4 is 4.74 Å². The molecule has 1 aliphatic heterocycles. The molecule has 0 aromatic heterocycles. The highest BCUT2D eigenvalue weighted by Gasteiger charge is 2.30. The zero-order chi connectivity index (χ0) is 23.4. The van der Waals surface area contributed by atoms with E-state index in [-0.39, 0.29) is 23.9 Å². The van der Waals surface area contributed by atoms with E-state index in [9.17, 15) is 14.0 Å². The zero-order valence-electron chi connectivity index (χ0n) is 17.6. The second kappa shape index (κ2) is 9.70. The molecule has 6 nitrogen and oxygen atoms in total. The molecule has 0 atom stereocenters. The van der Waals surface area contributed by atoms with Crippen LogP contribution in [0.2, 0.25) is 0 Å². The average Bonchev–Trinajstić information content (AvgIpc) is 3.07. The molecule has 0 bridgehead atoms. The molecule has 166 valence electrons. The summed E-state index contributed by atoms with van der Waals surface area (Å²) in [4.78, 5) is 30.0. The number of likely N-dealkylation sites (N-methyl/N-ethyl adjacent to an activating group) is 1. The molecule has 8 heteroatoms. The summed E-state index contributed by atoms with van der Waals surface area (Å²) < 4.78 is 19.0. The first-order valence-corrected chi connectivity index (χ1v) is 10.8. The highest BCUT2D eigenvalue weighted by atomic mass is 32.2. The van der Waals surface area contributed by atoms with Crippen LogP contribution in [0.4, 0.5) is 10.1 Å². The van der Waals surface area contributed by atoms with Crippen molar-refractivity contribution in [1.82, 2.24) is 4.90 Å². The molecule has 1 saturated heterocycles. The number of nitrogens with zero attached hydrogens (tertiary/aromatic N) is 2. The van der Waals surface area contributed by atoms with Crippen molar-refractivity contribution in [1.29, 1.82) is 0 Å². The van der Waals surface area contributed by atoms with Crippen molar-refractivity contribution in [3.05, 3.63) is 100 Å². The number of hydrogen-bond acceptors (Lipinski definition) is 5. The molecular weight excluding hydrogens is 443 g/mol. The van der Waals surface area contributed by atoms with Gasteiger partial charge in [0.25, 0.3) is 5.91 Å². The highest BCUT2D eigenvalue weighted by Crippen LogP contribution is 2.33. The fourth-order valence-electron chi connectivity index (χ4n) is 3.05. The van der Waals surface area contributed by atoms with Crippen molar-refractivity contribution < 1.29 is 23.8 Å². The molecule has 0 saturated carbocycles. The third-order valence-electron chi connectivity index (χ3n) is 4.81. The molecule has 1 fully saturated rings. The summed E-state index contributed by atoms with van der Waals surface area (Å²) in [6.07, 6.45) is 1.77. The maximum Gasteiger partial charge on any atom is 0.335 e. The Morgan fingerprint density at radius 1 is 1.12 bits per heavy atom. The molecule has 4 rings (SSSR count). The minimum Gasteiger partial charge on any atom is -0.489 e. The summed E-state index contributed by atoms with van der Waals surface area (Å²) in [5.74, 6) is -0.849. The van der Waals surface area contributed by atoms with Crippen LogP contribution in [0.1, 0.15) is 21.5 Å². The molecule has 3 aromatic rings. The summed E-state index contributed by atoms with van der Waals surface area (Å²) >= 11 is 1.24. The largest absolute Gasteiger partial charge is 0.489 e. The van der Waals surface area contributed by atoms with Gasteiger partial charge in [0, 0.05) is 7.05 Å². The number of ether oxygens (including phenoxy) is 1. The quantitative estimate of drug-likeness (QED) is 0.501. The molecule has 1 amide bonds. The van der Waals surface area contributed by atoms with Crippen LogP contribution in [0, 0.1) is 5.82 Å². The predicted octanol–water partition coefficient (Wildman–Crippen LogP) is 5.34. The summed E-state index contributed by atoms with van der Waals surface area (Å²) in [5, 5.41) is 9.50. The van der Waals surface area contributed by atoms with Gasteiger partial charge in [0.1, 0.15) is 18.2 Å². The zero-order valence-corrected chi connectivity index (χ0v) is 18.4. The molecule has 33 heavy (non-hydrogen) atoms. The Balaban J connectivity index is 1.44. The number of amidine groups is 1. The first-order chi connectivity index (χ1) is 15.9. The van der Waals surface area contributed by atoms with Crippen LogP contribution in [0.3, 0.4) is 0 Å². The van der Waals surface area contributed by atoms with Crippen molar-refractivity contribution in [2.24, 2.45) is 4.99 Å². The van der Waals surface area contributed by atoms with Gasteiger partial charge < -0.3 is 9.84 Å². The standard InChI is InChI=1S/C25H19FN2O4S/c1-28-23(29)22(33-25(28)27-20-9-7-18(8-10-20)24(30)31)14-16-5-11-21(12-6-16)32-15-17-3-2-4-19(26)13-17/h2-14H,15H2,1H3,(H,30,31). The third-order valence-corrected chi connectivity index (χ3v) is 5.88. The van der Waals surface area contributed by atoms with Gasteiger partial charge >= 0.3 is 5.97 Å². The molecule has 3 aromatic carbocycles. The van der Waals surface area contributed by atoms with Gasteiger partial charge in [-0.1, -0.05) is 24.3 Å². The van der Waals surface area contributed by atoms with Crippen LogP contribution in [-0.2, 0) is 11.4 Å². The van der Waals surface area contributed by atoms with Gasteiger partial charge in [0.2, 0.25) is 0 Å². The number of aromatic carboxylic acids is 1. The van der Waals surface area contributed by atoms with E-state index >= 15 is 0 Å². The third kappa shape index (κ3) is 5.48. The van der Waals surface area contributed by atoms with E-state index in [4.69, 9.17) is 9.84 Å². The van der Waals surface area contributed by atoms with E-state index < -0.39 is 5.97 Å². The van der Waals surface area contributed by atoms with Gasteiger partial charge in [-0.2, -0.15) is 0 Å². The minimum atomic E-state index is -1.01. The lowest BCUT2D eigenvalue weighted by molar-refractivity contribution is -0.121. The van der Waals surface area contributed by atoms with Crippen molar-refractivity contribution in [2.75, 3.05) is 7.05 Å². The number of amides is 1. The van der Waals surface area contributed by atoms with E-state index in [2.05, 4.69) is 4.99 Å². The van der Waals surface area contributed by atoms with Crippen LogP contribution in [0.15, 0.2) is 82.7 Å². The Morgan fingerprint density at radius 2 is 1.85 bits per heavy atom. The molecular formula is C25H19FN2O4S. The van der Waals surface area contributed by atoms with E-state index in [1.165, 1.54) is 40.9 Å². The summed E-state index contributed by atoms with van der Waals surface area (Å²) in [6.45, 7) is 0.255. The second-order valence-corrected chi connectivity index (χ2v) is 8.22. The number of carboxylic acids is 1. The first-order valence-electron chi connectivity index (χ1n) is 9.96. The fourth-order valence-corrected chi connectivity index (χ4v) is 4.03. The van der Waals surface area contributed by atoms with Crippen LogP contribution in [0.25, 0.3) is 6.08 Å². The molecule has 0 aliphatic carbocycles. The second-order valence-electron chi connectivity index (χ2n) is 7.21. The highest BCUT2D eigenvalue weighted by molar-refractivity contribution is 8.18. The van der Waals surface area contributed by atoms with Crippen LogP contribution >= 0.6 is 11.8 Å². The van der Waals surface area contributed by atoms with E-state index in [0.29, 0.717) is 21.5 Å². The number of rotatable bonds is 6. The summed E-state index contributed by atoms with van der Waals surface area (Å²) in [7, 11) is 1.64. The number of halogens is 1. The lowest BCUT2D eigenvalue weighted by Gasteiger charge is -2.07. The van der Waals surface area contributed by atoms with Crippen LogP contribution in [0.5, 0.6) is 5.75 Å². The Kier molecular flexibility index (Phi) is 6.55. The van der Waals surface area contributed by atoms with E-state index in [1.54, 1.807) is 49.5 Å². The van der Waals surface area contributed by atoms with Crippen molar-refractivity contribution in [3.8, 4) is 5.75 Å². The molecule has 1 heterocycles. The monoisotopic (exact) mass is 462 g/mol. The maximum atomic E-state index is 13.3. The normalized spacial score (nSPS) is 15.9. The van der Waals surface area contributed by atoms with Gasteiger partial charge in [-0.05, 0) is 77.5 Å². The fraction of sp³-hybridized carbons (Fsp3) is 0.0800. The number of carbonyl (C=O) groups excluding carboxylic acids is 1. The Bertz CT molecular complexity index is 1250. The molecule has 1 aliphatic rings. The Morgan fingerprint density at radius 3 is 2.52 bits per heavy atom. The van der Waals surface area contributed by atoms with Gasteiger partial charge in [-0.3, -0.25) is 9.69 Å². The molecule has 1 N–H and O–H groups in total. The van der Waals surface area contributed by atoms with Gasteiger partial charge in [-0.15, -0.1) is 0 Å². The molecule has 0 unspecified atom stereocenters. The number of aliphatic imine (C=N–C) groups is 1. The Hall–Kier alpha value is -3.91. The number of hydrogen-bond donors (Lipinski definition) is 1. The van der Waals surface area contributed by atoms with Gasteiger partial charge in [0.15, 0.2) is 5.17 Å². The maximum absolute atomic E-state index is 13.3. The topological polar surface area (TPSA) is 79.2 Å². The minimum absolute atomic E-state index is 0.173. The number of benzene rings is 3. The lowest BCUT2D eigenvalue weighted by atomic mass is 10.2. The Labute approximate surface area is 194 Å². The lowest BCUT2D eigenvalue weighted by Crippen LogP contribution is -2.23. The van der Waals surface area contributed by atoms with E-state index in [0.717, 1.165) is 11.1 Å². The van der Waals surface area contributed by atoms with Gasteiger partial charge in [-0.25, -0.2) is 14.2 Å². The van der Waals surface area contributed by atoms with Gasteiger partial charge in [0.05, 0.1) is 16.2 Å². The van der Waals surface area contributed by atoms with Crippen LogP contribution in [-0.4, -0.2) is 34.1 Å². The SMILES string of the molecule is CN1C(=O)C(=Cc2ccc(OCc3cccc(F)c3)cc2)SC1=Nc1ccc(C(=O)O)cc1. The number of carboxylic acid groups (broad SMARTS) is 1. The smallest absolute Gasteiger partial charge is 0.335 e. The molecule has 0 spiro atoms. The number of carbonyl (C=O) groups is 2. The summed E-state index contributed by atoms with van der Waals surface area (Å²) in [6, 6.07) is 19.6. The van der Waals surface area contributed by atoms with Crippen molar-refractivity contribution in [3.63, 3.8) is 0 Å². The number of thioether (sulfide) groups is 1. The first kappa shape index (κ1) is 22.3. The predicted molar refractivity (Wildman–Crippen MR) is 126 cm³/mol. The average molecular weight is 463 g/mol. The van der Waals surface area contributed by atoms with E-state index in [1.807, 2.05) is 12.1 Å². The molecule has 0 radical (unpaired) electrons. The van der Waals surface area contributed by atoms with Crippen molar-refractivity contribution >= 4 is 40.6 Å².